The first kappa shape index (κ1) is 16.3. The van der Waals surface area contributed by atoms with Crippen molar-refractivity contribution >= 4 is 6.29 Å². The van der Waals surface area contributed by atoms with Gasteiger partial charge in [-0.1, -0.05) is 44.2 Å². The van der Waals surface area contributed by atoms with Gasteiger partial charge in [0, 0.05) is 12.6 Å². The molecule has 0 atom stereocenters. The van der Waals surface area contributed by atoms with Crippen LogP contribution in [0.4, 0.5) is 0 Å². The molecular formula is C16H24N4O2. The lowest BCUT2D eigenvalue weighted by Crippen LogP contribution is -1.98. The van der Waals surface area contributed by atoms with Crippen LogP contribution in [-0.2, 0) is 6.54 Å². The lowest BCUT2D eigenvalue weighted by molar-refractivity contribution is 0.111. The van der Waals surface area contributed by atoms with Gasteiger partial charge < -0.3 is 9.72 Å². The second-order valence-electron chi connectivity index (χ2n) is 5.42. The molecule has 120 valence electrons. The van der Waals surface area contributed by atoms with Gasteiger partial charge in [0.25, 0.3) is 0 Å². The summed E-state index contributed by atoms with van der Waals surface area (Å²) >= 11 is 0. The van der Waals surface area contributed by atoms with E-state index in [-0.39, 0.29) is 0 Å². The molecule has 2 aromatic rings. The lowest BCUT2D eigenvalue weighted by atomic mass is 10.1. The minimum absolute atomic E-state index is 0.419. The normalized spacial score (nSPS) is 10.8. The van der Waals surface area contributed by atoms with Crippen LogP contribution in [0.25, 0.3) is 11.4 Å². The molecule has 0 aliphatic rings. The van der Waals surface area contributed by atoms with Gasteiger partial charge >= 0.3 is 0 Å². The summed E-state index contributed by atoms with van der Waals surface area (Å²) in [4.78, 5) is 13.9. The van der Waals surface area contributed by atoms with Crippen molar-refractivity contribution in [2.75, 3.05) is 7.11 Å². The number of carbonyl (C=O) groups is 1. The number of hydrogen-bond acceptors (Lipinski definition) is 4. The third-order valence-electron chi connectivity index (χ3n) is 3.70. The highest BCUT2D eigenvalue weighted by Crippen LogP contribution is 2.24. The van der Waals surface area contributed by atoms with E-state index in [4.69, 9.17) is 4.74 Å². The first-order chi connectivity index (χ1) is 10.8. The van der Waals surface area contributed by atoms with Crippen LogP contribution in [0.3, 0.4) is 0 Å². The quantitative estimate of drug-likeness (QED) is 0.539. The molecule has 2 aromatic heterocycles. The molecule has 0 spiro atoms. The first-order valence-corrected chi connectivity index (χ1v) is 7.91. The molecule has 2 rings (SSSR count). The van der Waals surface area contributed by atoms with Crippen LogP contribution in [-0.4, -0.2) is 33.4 Å². The van der Waals surface area contributed by atoms with E-state index in [1.54, 1.807) is 6.07 Å². The molecular weight excluding hydrogens is 280 g/mol. The molecule has 1 N–H and O–H groups in total. The average Bonchev–Trinajstić information content (AvgIpc) is 3.16. The number of nitrogens with zero attached hydrogens (tertiary/aromatic N) is 3. The zero-order valence-corrected chi connectivity index (χ0v) is 13.3. The van der Waals surface area contributed by atoms with Gasteiger partial charge in [0.05, 0.1) is 19.0 Å². The third-order valence-corrected chi connectivity index (χ3v) is 3.70. The number of aromatic nitrogens is 4. The predicted molar refractivity (Wildman–Crippen MR) is 85.1 cm³/mol. The van der Waals surface area contributed by atoms with E-state index in [1.807, 2.05) is 10.9 Å². The Kier molecular flexibility index (Phi) is 6.18. The first-order valence-electron chi connectivity index (χ1n) is 7.91. The van der Waals surface area contributed by atoms with E-state index in [9.17, 15) is 4.79 Å². The molecule has 0 radical (unpaired) electrons. The summed E-state index contributed by atoms with van der Waals surface area (Å²) in [5.41, 5.74) is 1.88. The topological polar surface area (TPSA) is 72.8 Å². The summed E-state index contributed by atoms with van der Waals surface area (Å²) in [7, 11) is 1.54. The molecule has 0 unspecified atom stereocenters. The van der Waals surface area contributed by atoms with Crippen LogP contribution in [0.1, 0.15) is 55.9 Å². The smallest absolute Gasteiger partial charge is 0.170 e. The molecule has 0 aliphatic heterocycles. The minimum atomic E-state index is 0.419. The van der Waals surface area contributed by atoms with Gasteiger partial charge in [-0.15, -0.1) is 5.10 Å². The number of methoxy groups -OCH3 is 1. The van der Waals surface area contributed by atoms with Gasteiger partial charge in [-0.3, -0.25) is 9.48 Å². The maximum Gasteiger partial charge on any atom is 0.170 e. The Balaban J connectivity index is 1.88. The molecule has 6 heteroatoms. The maximum atomic E-state index is 10.9. The average molecular weight is 304 g/mol. The predicted octanol–water partition coefficient (Wildman–Crippen LogP) is 3.45. The number of nitrogens with one attached hydrogen (secondary N) is 1. The second kappa shape index (κ2) is 8.36. The van der Waals surface area contributed by atoms with Crippen LogP contribution in [0.5, 0.6) is 5.75 Å². The monoisotopic (exact) mass is 304 g/mol. The van der Waals surface area contributed by atoms with Crippen molar-refractivity contribution in [3.05, 3.63) is 18.0 Å². The van der Waals surface area contributed by atoms with Crippen molar-refractivity contribution in [3.8, 4) is 17.1 Å². The number of ether oxygens (including phenoxy) is 1. The van der Waals surface area contributed by atoms with E-state index < -0.39 is 0 Å². The molecule has 22 heavy (non-hydrogen) atoms. The number of unbranched alkanes of at least 4 members (excludes halogenated alkanes) is 5. The Morgan fingerprint density at radius 3 is 2.73 bits per heavy atom. The van der Waals surface area contributed by atoms with Gasteiger partial charge in [-0.25, -0.2) is 0 Å². The third kappa shape index (κ3) is 4.19. The Bertz CT molecular complexity index is 589. The molecule has 2 heterocycles. The minimum Gasteiger partial charge on any atom is -0.494 e. The van der Waals surface area contributed by atoms with Gasteiger partial charge in [0.15, 0.2) is 6.29 Å². The highest BCUT2D eigenvalue weighted by atomic mass is 16.5. The second-order valence-corrected chi connectivity index (χ2v) is 5.42. The number of aromatic amines is 1. The molecule has 0 aliphatic carbocycles. The fraction of sp³-hybridized carbons (Fsp3) is 0.562. The highest BCUT2D eigenvalue weighted by molar-refractivity contribution is 5.79. The van der Waals surface area contributed by atoms with Gasteiger partial charge in [-0.05, 0) is 6.42 Å². The van der Waals surface area contributed by atoms with Crippen LogP contribution < -0.4 is 4.74 Å². The maximum absolute atomic E-state index is 10.9. The summed E-state index contributed by atoms with van der Waals surface area (Å²) in [6.45, 7) is 3.10. The molecule has 6 nitrogen and oxygen atoms in total. The van der Waals surface area contributed by atoms with Crippen molar-refractivity contribution in [3.63, 3.8) is 0 Å². The Morgan fingerprint density at radius 1 is 1.27 bits per heavy atom. The largest absolute Gasteiger partial charge is 0.494 e. The molecule has 0 saturated heterocycles. The summed E-state index contributed by atoms with van der Waals surface area (Å²) in [6.07, 6.45) is 10.2. The van der Waals surface area contributed by atoms with Crippen LogP contribution in [0.15, 0.2) is 12.3 Å². The van der Waals surface area contributed by atoms with Crippen LogP contribution in [0, 0.1) is 0 Å². The fourth-order valence-electron chi connectivity index (χ4n) is 2.43. The Labute approximate surface area is 130 Å². The van der Waals surface area contributed by atoms with Crippen LogP contribution in [0.2, 0.25) is 0 Å². The number of hydrogen-bond donors (Lipinski definition) is 1. The van der Waals surface area contributed by atoms with Crippen LogP contribution >= 0.6 is 0 Å². The van der Waals surface area contributed by atoms with E-state index in [0.717, 1.165) is 30.6 Å². The summed E-state index contributed by atoms with van der Waals surface area (Å²) in [5, 5.41) is 8.28. The summed E-state index contributed by atoms with van der Waals surface area (Å²) in [5.74, 6) is 0.524. The van der Waals surface area contributed by atoms with E-state index in [2.05, 4.69) is 22.2 Å². The van der Waals surface area contributed by atoms with Crippen molar-refractivity contribution in [1.82, 2.24) is 20.0 Å². The van der Waals surface area contributed by atoms with E-state index in [0.29, 0.717) is 11.4 Å². The zero-order valence-electron chi connectivity index (χ0n) is 13.3. The lowest BCUT2D eigenvalue weighted by Gasteiger charge is -2.00. The number of aryl methyl sites for hydroxylation is 1. The summed E-state index contributed by atoms with van der Waals surface area (Å²) < 4.78 is 6.99. The standard InChI is InChI=1S/C16H24N4O2/c1-3-4-5-6-7-8-9-20-11-14(18-19-20)13-10-16(22-2)15(12-21)17-13/h10-12,17H,3-9H2,1-2H3. The number of aldehydes is 1. The Hall–Kier alpha value is -2.11. The van der Waals surface area contributed by atoms with Crippen molar-refractivity contribution in [2.45, 2.75) is 52.0 Å². The van der Waals surface area contributed by atoms with Crippen molar-refractivity contribution in [2.24, 2.45) is 0 Å². The van der Waals surface area contributed by atoms with E-state index >= 15 is 0 Å². The van der Waals surface area contributed by atoms with Gasteiger partial charge in [-0.2, -0.15) is 0 Å². The van der Waals surface area contributed by atoms with E-state index in [1.165, 1.54) is 39.2 Å². The van der Waals surface area contributed by atoms with Gasteiger partial charge in [0.2, 0.25) is 0 Å². The molecule has 0 aromatic carbocycles. The van der Waals surface area contributed by atoms with Gasteiger partial charge in [0.1, 0.15) is 17.1 Å². The zero-order chi connectivity index (χ0) is 15.8. The fourth-order valence-corrected chi connectivity index (χ4v) is 2.43. The number of rotatable bonds is 10. The SMILES string of the molecule is CCCCCCCCn1cc(-c2cc(OC)c(C=O)[nH]2)nn1. The molecule has 0 fully saturated rings. The van der Waals surface area contributed by atoms with Crippen molar-refractivity contribution < 1.29 is 9.53 Å². The molecule has 0 amide bonds. The molecule has 0 saturated carbocycles. The van der Waals surface area contributed by atoms with Crippen molar-refractivity contribution in [1.29, 1.82) is 0 Å². The highest BCUT2D eigenvalue weighted by Gasteiger charge is 2.12. The number of carbonyl (C=O) groups excluding carboxylic acids is 1. The Morgan fingerprint density at radius 2 is 2.05 bits per heavy atom. The summed E-state index contributed by atoms with van der Waals surface area (Å²) in [6, 6.07) is 1.77. The number of H-pyrrole nitrogens is 1. The molecule has 0 bridgehead atoms.